The molecule has 0 aliphatic heterocycles. The van der Waals surface area contributed by atoms with Crippen LogP contribution in [0.5, 0.6) is 0 Å². The number of ether oxygens (including phenoxy) is 7. The van der Waals surface area contributed by atoms with Crippen molar-refractivity contribution in [1.82, 2.24) is 0 Å². The first kappa shape index (κ1) is 26.9. The molecule has 0 aliphatic rings. The molecular formula is C22H38O8. The number of aliphatic hydroxyl groups excluding tert-OH is 1. The van der Waals surface area contributed by atoms with Gasteiger partial charge < -0.3 is 38.3 Å². The molecule has 0 fully saturated rings. The standard InChI is InChI=1S/C22H38O8/c1-21-2-4-22(5-3-21)20-30-19-18-29-17-16-28-15-14-27-13-12-26-11-10-25-9-8-24-7-6-23/h2-5,23H,6-20H2,1H3. The maximum atomic E-state index is 8.54. The lowest BCUT2D eigenvalue weighted by Gasteiger charge is -2.08. The highest BCUT2D eigenvalue weighted by atomic mass is 16.6. The highest BCUT2D eigenvalue weighted by Crippen LogP contribution is 2.04. The van der Waals surface area contributed by atoms with Crippen molar-refractivity contribution in [2.45, 2.75) is 13.5 Å². The van der Waals surface area contributed by atoms with Gasteiger partial charge in [0.2, 0.25) is 0 Å². The Labute approximate surface area is 180 Å². The smallest absolute Gasteiger partial charge is 0.0718 e. The number of benzene rings is 1. The Hall–Kier alpha value is -1.10. The summed E-state index contributed by atoms with van der Waals surface area (Å²) < 4.78 is 37.7. The van der Waals surface area contributed by atoms with E-state index in [1.165, 1.54) is 11.1 Å². The molecule has 0 unspecified atom stereocenters. The molecule has 174 valence electrons. The van der Waals surface area contributed by atoms with Crippen LogP contribution in [0.3, 0.4) is 0 Å². The highest BCUT2D eigenvalue weighted by Gasteiger charge is 1.96. The van der Waals surface area contributed by atoms with Crippen molar-refractivity contribution in [2.75, 3.05) is 92.5 Å². The fourth-order valence-corrected chi connectivity index (χ4v) is 2.26. The highest BCUT2D eigenvalue weighted by molar-refractivity contribution is 5.20. The number of aryl methyl sites for hydroxylation is 1. The van der Waals surface area contributed by atoms with E-state index in [1.807, 2.05) is 0 Å². The Morgan fingerprint density at radius 3 is 1.20 bits per heavy atom. The molecule has 8 nitrogen and oxygen atoms in total. The van der Waals surface area contributed by atoms with Gasteiger partial charge in [-0.15, -0.1) is 0 Å². The third-order valence-corrected chi connectivity index (χ3v) is 3.86. The second-order valence-corrected chi connectivity index (χ2v) is 6.44. The molecule has 30 heavy (non-hydrogen) atoms. The molecule has 0 aromatic heterocycles. The second-order valence-electron chi connectivity index (χ2n) is 6.44. The predicted octanol–water partition coefficient (Wildman–Crippen LogP) is 1.60. The summed E-state index contributed by atoms with van der Waals surface area (Å²) in [6, 6.07) is 8.32. The van der Waals surface area contributed by atoms with Gasteiger partial charge in [-0.25, -0.2) is 0 Å². The normalized spacial score (nSPS) is 11.3. The van der Waals surface area contributed by atoms with Crippen LogP contribution >= 0.6 is 0 Å². The van der Waals surface area contributed by atoms with Crippen molar-refractivity contribution in [3.63, 3.8) is 0 Å². The topological polar surface area (TPSA) is 84.8 Å². The summed E-state index contributed by atoms with van der Waals surface area (Å²) in [4.78, 5) is 0. The van der Waals surface area contributed by atoms with Crippen LogP contribution < -0.4 is 0 Å². The maximum Gasteiger partial charge on any atom is 0.0718 e. The van der Waals surface area contributed by atoms with Gasteiger partial charge in [0.25, 0.3) is 0 Å². The van der Waals surface area contributed by atoms with Gasteiger partial charge in [-0.05, 0) is 12.5 Å². The minimum absolute atomic E-state index is 0.0345. The molecular weight excluding hydrogens is 392 g/mol. The van der Waals surface area contributed by atoms with Crippen LogP contribution in [0.2, 0.25) is 0 Å². The summed E-state index contributed by atoms with van der Waals surface area (Å²) in [5.74, 6) is 0. The number of aliphatic hydroxyl groups is 1. The molecule has 0 bridgehead atoms. The van der Waals surface area contributed by atoms with Gasteiger partial charge in [-0.1, -0.05) is 29.8 Å². The first-order chi connectivity index (χ1) is 14.8. The molecule has 0 heterocycles. The van der Waals surface area contributed by atoms with Gasteiger partial charge in [0.1, 0.15) is 0 Å². The number of hydrogen-bond donors (Lipinski definition) is 1. The molecule has 0 saturated carbocycles. The molecule has 1 rings (SSSR count). The van der Waals surface area contributed by atoms with E-state index in [-0.39, 0.29) is 6.61 Å². The lowest BCUT2D eigenvalue weighted by atomic mass is 10.2. The van der Waals surface area contributed by atoms with E-state index in [0.29, 0.717) is 92.5 Å². The van der Waals surface area contributed by atoms with Crippen LogP contribution in [0.4, 0.5) is 0 Å². The predicted molar refractivity (Wildman–Crippen MR) is 113 cm³/mol. The van der Waals surface area contributed by atoms with Crippen molar-refractivity contribution in [1.29, 1.82) is 0 Å². The van der Waals surface area contributed by atoms with E-state index in [0.717, 1.165) is 0 Å². The molecule has 0 radical (unpaired) electrons. The van der Waals surface area contributed by atoms with Crippen LogP contribution in [-0.2, 0) is 39.8 Å². The monoisotopic (exact) mass is 430 g/mol. The Balaban J connectivity index is 1.68. The van der Waals surface area contributed by atoms with Crippen molar-refractivity contribution < 1.29 is 38.3 Å². The van der Waals surface area contributed by atoms with Crippen molar-refractivity contribution >= 4 is 0 Å². The van der Waals surface area contributed by atoms with Crippen LogP contribution in [0, 0.1) is 6.92 Å². The molecule has 0 saturated heterocycles. The van der Waals surface area contributed by atoms with Gasteiger partial charge in [0, 0.05) is 0 Å². The first-order valence-corrected chi connectivity index (χ1v) is 10.5. The maximum absolute atomic E-state index is 8.54. The minimum Gasteiger partial charge on any atom is -0.394 e. The third-order valence-electron chi connectivity index (χ3n) is 3.86. The second kappa shape index (κ2) is 21.1. The van der Waals surface area contributed by atoms with E-state index in [9.17, 15) is 0 Å². The summed E-state index contributed by atoms with van der Waals surface area (Å²) in [7, 11) is 0. The Morgan fingerprint density at radius 2 is 0.833 bits per heavy atom. The van der Waals surface area contributed by atoms with Gasteiger partial charge in [0.15, 0.2) is 0 Å². The fraction of sp³-hybridized carbons (Fsp3) is 0.727. The molecule has 0 spiro atoms. The van der Waals surface area contributed by atoms with E-state index >= 15 is 0 Å². The van der Waals surface area contributed by atoms with Crippen molar-refractivity contribution in [3.8, 4) is 0 Å². The summed E-state index contributed by atoms with van der Waals surface area (Å²) in [6.45, 7) is 9.40. The summed E-state index contributed by atoms with van der Waals surface area (Å²) in [5.41, 5.74) is 2.42. The van der Waals surface area contributed by atoms with Crippen LogP contribution in [0.1, 0.15) is 11.1 Å². The van der Waals surface area contributed by atoms with E-state index in [1.54, 1.807) is 0 Å². The average molecular weight is 431 g/mol. The SMILES string of the molecule is Cc1ccc(COCCOCCOCCOCCOCCOCCOCCO)cc1. The molecule has 8 heteroatoms. The number of hydrogen-bond acceptors (Lipinski definition) is 8. The van der Waals surface area contributed by atoms with Crippen LogP contribution in [0.15, 0.2) is 24.3 Å². The Bertz CT molecular complexity index is 469. The van der Waals surface area contributed by atoms with Crippen molar-refractivity contribution in [3.05, 3.63) is 35.4 Å². The lowest BCUT2D eigenvalue weighted by Crippen LogP contribution is -2.14. The quantitative estimate of drug-likeness (QED) is 0.278. The van der Waals surface area contributed by atoms with E-state index in [4.69, 9.17) is 38.3 Å². The van der Waals surface area contributed by atoms with E-state index < -0.39 is 0 Å². The van der Waals surface area contributed by atoms with E-state index in [2.05, 4.69) is 31.2 Å². The first-order valence-electron chi connectivity index (χ1n) is 10.5. The summed E-state index contributed by atoms with van der Waals surface area (Å²) in [5, 5.41) is 8.54. The zero-order valence-corrected chi connectivity index (χ0v) is 18.2. The van der Waals surface area contributed by atoms with Gasteiger partial charge in [0.05, 0.1) is 99.1 Å². The summed E-state index contributed by atoms with van der Waals surface area (Å²) in [6.07, 6.45) is 0. The van der Waals surface area contributed by atoms with Gasteiger partial charge >= 0.3 is 0 Å². The van der Waals surface area contributed by atoms with Gasteiger partial charge in [-0.2, -0.15) is 0 Å². The van der Waals surface area contributed by atoms with Gasteiger partial charge in [-0.3, -0.25) is 0 Å². The molecule has 1 aromatic rings. The molecule has 1 N–H and O–H groups in total. The zero-order valence-electron chi connectivity index (χ0n) is 18.2. The number of rotatable bonds is 22. The molecule has 0 amide bonds. The summed E-state index contributed by atoms with van der Waals surface area (Å²) >= 11 is 0. The molecule has 0 atom stereocenters. The molecule has 1 aromatic carbocycles. The van der Waals surface area contributed by atoms with Crippen LogP contribution in [0.25, 0.3) is 0 Å². The minimum atomic E-state index is 0.0345. The third kappa shape index (κ3) is 17.7. The Kier molecular flexibility index (Phi) is 19.0. The fourth-order valence-electron chi connectivity index (χ4n) is 2.26. The zero-order chi connectivity index (χ0) is 21.5. The molecule has 0 aliphatic carbocycles. The van der Waals surface area contributed by atoms with Crippen LogP contribution in [-0.4, -0.2) is 97.6 Å². The average Bonchev–Trinajstić information content (AvgIpc) is 2.76. The van der Waals surface area contributed by atoms with Crippen molar-refractivity contribution in [2.24, 2.45) is 0 Å². The largest absolute Gasteiger partial charge is 0.394 e. The Morgan fingerprint density at radius 1 is 0.500 bits per heavy atom. The lowest BCUT2D eigenvalue weighted by molar-refractivity contribution is -0.0220.